The average Bonchev–Trinajstić information content (AvgIpc) is 2.94. The van der Waals surface area contributed by atoms with Crippen LogP contribution >= 0.6 is 12.4 Å². The molecule has 0 aromatic heterocycles. The van der Waals surface area contributed by atoms with Crippen molar-refractivity contribution in [1.82, 2.24) is 9.80 Å². The van der Waals surface area contributed by atoms with Gasteiger partial charge in [0.05, 0.1) is 12.6 Å². The summed E-state index contributed by atoms with van der Waals surface area (Å²) in [5.74, 6) is 0.450. The molecule has 1 saturated heterocycles. The fraction of sp³-hybridized carbons (Fsp3) is 0.579. The molecule has 2 aliphatic rings. The largest absolute Gasteiger partial charge is 0.480 e. The van der Waals surface area contributed by atoms with Gasteiger partial charge in [-0.3, -0.25) is 19.4 Å². The zero-order valence-corrected chi connectivity index (χ0v) is 17.0. The maximum absolute atomic E-state index is 12.7. The molecule has 9 heteroatoms. The van der Waals surface area contributed by atoms with Crippen molar-refractivity contribution in [3.63, 3.8) is 0 Å². The van der Waals surface area contributed by atoms with Crippen molar-refractivity contribution < 1.29 is 24.2 Å². The first-order chi connectivity index (χ1) is 12.9. The Bertz CT molecular complexity index is 702. The summed E-state index contributed by atoms with van der Waals surface area (Å²) >= 11 is 0. The van der Waals surface area contributed by atoms with Crippen molar-refractivity contribution in [2.24, 2.45) is 0 Å². The summed E-state index contributed by atoms with van der Waals surface area (Å²) in [4.78, 5) is 27.7. The predicted octanol–water partition coefficient (Wildman–Crippen LogP) is 2.03. The topological polar surface area (TPSA) is 91.3 Å². The van der Waals surface area contributed by atoms with Crippen LogP contribution in [0.2, 0.25) is 0 Å². The lowest BCUT2D eigenvalue weighted by Crippen LogP contribution is -2.43. The molecule has 0 bridgehead atoms. The summed E-state index contributed by atoms with van der Waals surface area (Å²) < 4.78 is 10.6. The smallest absolute Gasteiger partial charge is 0.317 e. The molecule has 2 aliphatic heterocycles. The summed E-state index contributed by atoms with van der Waals surface area (Å²) in [6.45, 7) is 3.75. The number of ether oxygens (including phenoxy) is 2. The standard InChI is InChI=1S/C19H27N3O5.ClH/c1-13(19(25)20-14-5-6-16-17(10-14)27-12-26-16)22-8-3-4-15(7-9-22)21(2)11-18(23)24;/h5-6,10,13,15H,3-4,7-9,11-12H2,1-2H3,(H,20,25)(H,23,24);1H. The fourth-order valence-corrected chi connectivity index (χ4v) is 3.66. The third-order valence-electron chi connectivity index (χ3n) is 5.31. The highest BCUT2D eigenvalue weighted by atomic mass is 35.5. The van der Waals surface area contributed by atoms with Crippen LogP contribution in [0.3, 0.4) is 0 Å². The summed E-state index contributed by atoms with van der Waals surface area (Å²) in [6, 6.07) is 5.33. The number of halogens is 1. The average molecular weight is 414 g/mol. The number of fused-ring (bicyclic) bond motifs is 1. The quantitative estimate of drug-likeness (QED) is 0.737. The number of aliphatic carboxylic acids is 1. The minimum absolute atomic E-state index is 0. The molecule has 0 aliphatic carbocycles. The molecule has 1 aromatic carbocycles. The number of nitrogens with one attached hydrogen (secondary N) is 1. The van der Waals surface area contributed by atoms with Crippen LogP contribution in [0.5, 0.6) is 11.5 Å². The number of nitrogens with zero attached hydrogens (tertiary/aromatic N) is 2. The van der Waals surface area contributed by atoms with Gasteiger partial charge >= 0.3 is 5.97 Å². The molecule has 8 nitrogen and oxygen atoms in total. The Hall–Kier alpha value is -2.03. The van der Waals surface area contributed by atoms with Crippen LogP contribution in [0.4, 0.5) is 5.69 Å². The Morgan fingerprint density at radius 2 is 2.04 bits per heavy atom. The number of likely N-dealkylation sites (N-methyl/N-ethyl adjacent to an activating group) is 1. The van der Waals surface area contributed by atoms with Crippen molar-refractivity contribution in [2.75, 3.05) is 38.8 Å². The van der Waals surface area contributed by atoms with E-state index in [9.17, 15) is 9.59 Å². The number of anilines is 1. The molecule has 0 radical (unpaired) electrons. The lowest BCUT2D eigenvalue weighted by atomic mass is 10.1. The third kappa shape index (κ3) is 5.50. The number of amides is 1. The van der Waals surface area contributed by atoms with E-state index in [1.165, 1.54) is 0 Å². The van der Waals surface area contributed by atoms with Gasteiger partial charge in [0, 0.05) is 24.3 Å². The van der Waals surface area contributed by atoms with E-state index in [2.05, 4.69) is 10.2 Å². The molecule has 2 unspecified atom stereocenters. The molecule has 3 rings (SSSR count). The van der Waals surface area contributed by atoms with Gasteiger partial charge in [0.1, 0.15) is 0 Å². The number of benzene rings is 1. The first-order valence-corrected chi connectivity index (χ1v) is 9.30. The van der Waals surface area contributed by atoms with Gasteiger partial charge in [-0.05, 0) is 51.9 Å². The Labute approximate surface area is 171 Å². The maximum Gasteiger partial charge on any atom is 0.317 e. The molecule has 2 atom stereocenters. The van der Waals surface area contributed by atoms with Crippen LogP contribution in [0.25, 0.3) is 0 Å². The summed E-state index contributed by atoms with van der Waals surface area (Å²) in [5, 5.41) is 11.9. The number of carboxylic acids is 1. The first kappa shape index (κ1) is 22.3. The fourth-order valence-electron chi connectivity index (χ4n) is 3.66. The number of carbonyl (C=O) groups excluding carboxylic acids is 1. The minimum Gasteiger partial charge on any atom is -0.480 e. The Balaban J connectivity index is 0.00000280. The maximum atomic E-state index is 12.7. The summed E-state index contributed by atoms with van der Waals surface area (Å²) in [7, 11) is 1.85. The van der Waals surface area contributed by atoms with Gasteiger partial charge in [-0.25, -0.2) is 0 Å². The number of likely N-dealkylation sites (tertiary alicyclic amines) is 1. The number of carbonyl (C=O) groups is 2. The zero-order valence-electron chi connectivity index (χ0n) is 16.2. The van der Waals surface area contributed by atoms with Crippen LogP contribution in [-0.4, -0.2) is 72.3 Å². The molecule has 2 heterocycles. The van der Waals surface area contributed by atoms with E-state index in [-0.39, 0.29) is 43.7 Å². The Morgan fingerprint density at radius 1 is 1.29 bits per heavy atom. The van der Waals surface area contributed by atoms with Crippen LogP contribution < -0.4 is 14.8 Å². The summed E-state index contributed by atoms with van der Waals surface area (Å²) in [6.07, 6.45) is 2.73. The minimum atomic E-state index is -0.810. The van der Waals surface area contributed by atoms with E-state index in [1.54, 1.807) is 18.2 Å². The van der Waals surface area contributed by atoms with Crippen molar-refractivity contribution in [3.05, 3.63) is 18.2 Å². The Kier molecular flexibility index (Phi) is 7.91. The molecule has 156 valence electrons. The second-order valence-electron chi connectivity index (χ2n) is 7.16. The highest BCUT2D eigenvalue weighted by Gasteiger charge is 2.27. The van der Waals surface area contributed by atoms with Crippen LogP contribution in [0.15, 0.2) is 18.2 Å². The molecular weight excluding hydrogens is 386 g/mol. The van der Waals surface area contributed by atoms with Gasteiger partial charge in [-0.2, -0.15) is 0 Å². The van der Waals surface area contributed by atoms with E-state index in [0.29, 0.717) is 17.2 Å². The van der Waals surface area contributed by atoms with Gasteiger partial charge in [0.25, 0.3) is 0 Å². The van der Waals surface area contributed by atoms with E-state index in [1.807, 2.05) is 18.9 Å². The highest BCUT2D eigenvalue weighted by Crippen LogP contribution is 2.34. The lowest BCUT2D eigenvalue weighted by Gasteiger charge is -2.28. The highest BCUT2D eigenvalue weighted by molar-refractivity contribution is 5.94. The number of carboxylic acid groups (broad SMARTS) is 1. The van der Waals surface area contributed by atoms with E-state index >= 15 is 0 Å². The van der Waals surface area contributed by atoms with E-state index in [4.69, 9.17) is 14.6 Å². The number of rotatable bonds is 6. The van der Waals surface area contributed by atoms with Crippen molar-refractivity contribution in [3.8, 4) is 11.5 Å². The zero-order chi connectivity index (χ0) is 19.4. The SMILES string of the molecule is CC(C(=O)Nc1ccc2c(c1)OCO2)N1CCCC(N(C)CC(=O)O)CC1.Cl. The van der Waals surface area contributed by atoms with Crippen LogP contribution in [-0.2, 0) is 9.59 Å². The van der Waals surface area contributed by atoms with Crippen molar-refractivity contribution in [1.29, 1.82) is 0 Å². The number of hydrogen-bond acceptors (Lipinski definition) is 6. The molecule has 1 fully saturated rings. The molecule has 0 spiro atoms. The van der Waals surface area contributed by atoms with E-state index in [0.717, 1.165) is 32.4 Å². The van der Waals surface area contributed by atoms with Crippen LogP contribution in [0.1, 0.15) is 26.2 Å². The van der Waals surface area contributed by atoms with Gasteiger partial charge < -0.3 is 19.9 Å². The van der Waals surface area contributed by atoms with Gasteiger partial charge in [-0.1, -0.05) is 0 Å². The molecule has 1 amide bonds. The van der Waals surface area contributed by atoms with Crippen molar-refractivity contribution in [2.45, 2.75) is 38.3 Å². The second kappa shape index (κ2) is 9.95. The molecule has 1 aromatic rings. The summed E-state index contributed by atoms with van der Waals surface area (Å²) in [5.41, 5.74) is 0.685. The second-order valence-corrected chi connectivity index (χ2v) is 7.16. The van der Waals surface area contributed by atoms with Crippen molar-refractivity contribution >= 4 is 30.0 Å². The molecular formula is C19H28ClN3O5. The normalized spacial score (nSPS) is 20.2. The monoisotopic (exact) mass is 413 g/mol. The number of hydrogen-bond donors (Lipinski definition) is 2. The third-order valence-corrected chi connectivity index (χ3v) is 5.31. The predicted molar refractivity (Wildman–Crippen MR) is 107 cm³/mol. The van der Waals surface area contributed by atoms with Gasteiger partial charge in [0.15, 0.2) is 11.5 Å². The van der Waals surface area contributed by atoms with E-state index < -0.39 is 5.97 Å². The van der Waals surface area contributed by atoms with Gasteiger partial charge in [0.2, 0.25) is 12.7 Å². The van der Waals surface area contributed by atoms with Gasteiger partial charge in [-0.15, -0.1) is 12.4 Å². The first-order valence-electron chi connectivity index (χ1n) is 9.30. The van der Waals surface area contributed by atoms with Crippen LogP contribution in [0, 0.1) is 0 Å². The molecule has 0 saturated carbocycles. The molecule has 28 heavy (non-hydrogen) atoms. The lowest BCUT2D eigenvalue weighted by molar-refractivity contribution is -0.138. The molecule has 2 N–H and O–H groups in total. The Morgan fingerprint density at radius 3 is 2.79 bits per heavy atom.